The minimum absolute atomic E-state index is 0.0751. The van der Waals surface area contributed by atoms with E-state index in [1.807, 2.05) is 13.1 Å². The Morgan fingerprint density at radius 1 is 1.19 bits per heavy atom. The fourth-order valence-electron chi connectivity index (χ4n) is 3.67. The topological polar surface area (TPSA) is 43.0 Å². The van der Waals surface area contributed by atoms with Crippen molar-refractivity contribution in [2.45, 2.75) is 30.9 Å². The van der Waals surface area contributed by atoms with E-state index in [1.54, 1.807) is 0 Å². The number of hydrogen-bond donors (Lipinski definition) is 1. The number of nitrogens with zero attached hydrogens (tertiary/aromatic N) is 1. The number of benzene rings is 1. The second-order valence-electron chi connectivity index (χ2n) is 6.35. The van der Waals surface area contributed by atoms with Crippen molar-refractivity contribution < 1.29 is 14.2 Å². The third-order valence-electron chi connectivity index (χ3n) is 5.04. The fraction of sp³-hybridized carbons (Fsp3) is 0.625. The van der Waals surface area contributed by atoms with Gasteiger partial charge in [0.15, 0.2) is 11.5 Å². The third-order valence-corrected chi connectivity index (χ3v) is 5.04. The van der Waals surface area contributed by atoms with E-state index in [0.29, 0.717) is 6.04 Å². The molecule has 0 aliphatic carbocycles. The van der Waals surface area contributed by atoms with Crippen LogP contribution in [0.4, 0.5) is 0 Å². The zero-order valence-corrected chi connectivity index (χ0v) is 12.6. The number of nitrogens with one attached hydrogen (secondary N) is 1. The van der Waals surface area contributed by atoms with Gasteiger partial charge in [-0.1, -0.05) is 0 Å². The van der Waals surface area contributed by atoms with Crippen LogP contribution >= 0.6 is 0 Å². The Kier molecular flexibility index (Phi) is 3.01. The maximum Gasteiger partial charge on any atom is 0.231 e. The van der Waals surface area contributed by atoms with Crippen LogP contribution in [0.1, 0.15) is 30.9 Å². The summed E-state index contributed by atoms with van der Waals surface area (Å²) < 4.78 is 17.7. The van der Waals surface area contributed by atoms with Crippen LogP contribution in [0.2, 0.25) is 0 Å². The first-order valence-corrected chi connectivity index (χ1v) is 7.68. The molecule has 1 unspecified atom stereocenters. The second-order valence-corrected chi connectivity index (χ2v) is 6.35. The number of likely N-dealkylation sites (tertiary alicyclic amines) is 1. The summed E-state index contributed by atoms with van der Waals surface area (Å²) in [5.41, 5.74) is 1.11. The first kappa shape index (κ1) is 13.2. The summed E-state index contributed by atoms with van der Waals surface area (Å²) in [5, 5.41) is 3.44. The molecule has 0 amide bonds. The standard InChI is InChI=1S/C16H22N2O3/c1-17-12-9-16(5-7-18(2)8-6-16)21-14-11(12)3-4-13-15(14)20-10-19-13/h3-4,12,17H,5-10H2,1-2H3. The number of hydrogen-bond acceptors (Lipinski definition) is 5. The lowest BCUT2D eigenvalue weighted by molar-refractivity contribution is -0.0215. The molecule has 0 radical (unpaired) electrons. The van der Waals surface area contributed by atoms with Gasteiger partial charge in [0, 0.05) is 31.1 Å². The Balaban J connectivity index is 1.74. The van der Waals surface area contributed by atoms with Crippen LogP contribution in [-0.4, -0.2) is 44.5 Å². The van der Waals surface area contributed by atoms with Gasteiger partial charge in [-0.05, 0) is 39.1 Å². The predicted octanol–water partition coefficient (Wildman–Crippen LogP) is 1.92. The lowest BCUT2D eigenvalue weighted by Crippen LogP contribution is -2.50. The van der Waals surface area contributed by atoms with Crippen LogP contribution < -0.4 is 19.5 Å². The molecule has 1 N–H and O–H groups in total. The van der Waals surface area contributed by atoms with Gasteiger partial charge < -0.3 is 24.4 Å². The van der Waals surface area contributed by atoms with E-state index >= 15 is 0 Å². The molecule has 5 nitrogen and oxygen atoms in total. The molecule has 4 rings (SSSR count). The monoisotopic (exact) mass is 290 g/mol. The molecule has 0 saturated carbocycles. The Hall–Kier alpha value is -1.46. The molecule has 3 heterocycles. The molecule has 1 aromatic rings. The van der Waals surface area contributed by atoms with Crippen molar-refractivity contribution >= 4 is 0 Å². The molecule has 1 spiro atoms. The smallest absolute Gasteiger partial charge is 0.231 e. The molecule has 21 heavy (non-hydrogen) atoms. The molecule has 1 aromatic carbocycles. The van der Waals surface area contributed by atoms with Gasteiger partial charge in [-0.3, -0.25) is 0 Å². The molecule has 3 aliphatic rings. The maximum atomic E-state index is 6.51. The first-order valence-electron chi connectivity index (χ1n) is 7.68. The van der Waals surface area contributed by atoms with Gasteiger partial charge in [0.25, 0.3) is 0 Å². The Morgan fingerprint density at radius 3 is 2.76 bits per heavy atom. The Bertz CT molecular complexity index is 553. The molecule has 114 valence electrons. The summed E-state index contributed by atoms with van der Waals surface area (Å²) in [6.07, 6.45) is 3.14. The zero-order valence-electron chi connectivity index (χ0n) is 12.6. The average molecular weight is 290 g/mol. The molecular weight excluding hydrogens is 268 g/mol. The average Bonchev–Trinajstić information content (AvgIpc) is 2.99. The van der Waals surface area contributed by atoms with Crippen LogP contribution in [0, 0.1) is 0 Å². The lowest BCUT2D eigenvalue weighted by Gasteiger charge is -2.46. The number of rotatable bonds is 1. The number of piperidine rings is 1. The molecule has 0 bridgehead atoms. The van der Waals surface area contributed by atoms with Gasteiger partial charge >= 0.3 is 0 Å². The van der Waals surface area contributed by atoms with E-state index < -0.39 is 0 Å². The van der Waals surface area contributed by atoms with Gasteiger partial charge in [0.05, 0.1) is 0 Å². The van der Waals surface area contributed by atoms with Gasteiger partial charge in [-0.2, -0.15) is 0 Å². The highest BCUT2D eigenvalue weighted by Crippen LogP contribution is 2.52. The van der Waals surface area contributed by atoms with Gasteiger partial charge in [0.1, 0.15) is 5.60 Å². The van der Waals surface area contributed by atoms with Crippen LogP contribution in [0.3, 0.4) is 0 Å². The second kappa shape index (κ2) is 4.78. The van der Waals surface area contributed by atoms with Crippen LogP contribution in [0.15, 0.2) is 12.1 Å². The van der Waals surface area contributed by atoms with Crippen molar-refractivity contribution in [3.8, 4) is 17.2 Å². The highest BCUT2D eigenvalue weighted by Gasteiger charge is 2.44. The molecule has 3 aliphatic heterocycles. The van der Waals surface area contributed by atoms with Crippen molar-refractivity contribution in [3.05, 3.63) is 17.7 Å². The quantitative estimate of drug-likeness (QED) is 0.856. The van der Waals surface area contributed by atoms with Gasteiger partial charge in [-0.15, -0.1) is 0 Å². The van der Waals surface area contributed by atoms with E-state index in [0.717, 1.165) is 49.6 Å². The normalized spacial score (nSPS) is 26.5. The van der Waals surface area contributed by atoms with Crippen molar-refractivity contribution in [1.82, 2.24) is 10.2 Å². The fourth-order valence-corrected chi connectivity index (χ4v) is 3.67. The van der Waals surface area contributed by atoms with E-state index in [9.17, 15) is 0 Å². The minimum atomic E-state index is -0.0751. The highest BCUT2D eigenvalue weighted by molar-refractivity contribution is 5.59. The van der Waals surface area contributed by atoms with E-state index in [4.69, 9.17) is 14.2 Å². The maximum absolute atomic E-state index is 6.51. The third kappa shape index (κ3) is 2.07. The summed E-state index contributed by atoms with van der Waals surface area (Å²) in [5.74, 6) is 2.47. The van der Waals surface area contributed by atoms with Crippen LogP contribution in [0.25, 0.3) is 0 Å². The summed E-state index contributed by atoms with van der Waals surface area (Å²) in [6, 6.07) is 4.40. The summed E-state index contributed by atoms with van der Waals surface area (Å²) >= 11 is 0. The predicted molar refractivity (Wildman–Crippen MR) is 79.1 cm³/mol. The summed E-state index contributed by atoms with van der Waals surface area (Å²) in [7, 11) is 4.20. The number of fused-ring (bicyclic) bond motifs is 3. The first-order chi connectivity index (χ1) is 10.2. The van der Waals surface area contributed by atoms with Gasteiger partial charge in [-0.25, -0.2) is 0 Å². The van der Waals surface area contributed by atoms with Crippen molar-refractivity contribution in [1.29, 1.82) is 0 Å². The summed E-state index contributed by atoms with van der Waals surface area (Å²) in [4.78, 5) is 2.37. The zero-order chi connectivity index (χ0) is 14.4. The molecule has 5 heteroatoms. The minimum Gasteiger partial charge on any atom is -0.483 e. The molecule has 1 saturated heterocycles. The van der Waals surface area contributed by atoms with E-state index in [1.165, 1.54) is 5.56 Å². The largest absolute Gasteiger partial charge is 0.483 e. The summed E-state index contributed by atoms with van der Waals surface area (Å²) in [6.45, 7) is 2.45. The van der Waals surface area contributed by atoms with Crippen LogP contribution in [-0.2, 0) is 0 Å². The van der Waals surface area contributed by atoms with E-state index in [-0.39, 0.29) is 12.4 Å². The Morgan fingerprint density at radius 2 is 2.00 bits per heavy atom. The van der Waals surface area contributed by atoms with Crippen molar-refractivity contribution in [2.75, 3.05) is 34.0 Å². The Labute approximate surface area is 125 Å². The van der Waals surface area contributed by atoms with Crippen molar-refractivity contribution in [2.24, 2.45) is 0 Å². The molecule has 1 fully saturated rings. The lowest BCUT2D eigenvalue weighted by atomic mass is 9.80. The number of ether oxygens (including phenoxy) is 3. The van der Waals surface area contributed by atoms with Crippen molar-refractivity contribution in [3.63, 3.8) is 0 Å². The molecule has 1 atom stereocenters. The van der Waals surface area contributed by atoms with Crippen LogP contribution in [0.5, 0.6) is 17.2 Å². The molecule has 0 aromatic heterocycles. The molecular formula is C16H22N2O3. The van der Waals surface area contributed by atoms with Gasteiger partial charge in [0.2, 0.25) is 12.5 Å². The van der Waals surface area contributed by atoms with E-state index in [2.05, 4.69) is 23.3 Å². The highest BCUT2D eigenvalue weighted by atomic mass is 16.7. The SMILES string of the molecule is CNC1CC2(CCN(C)CC2)Oc2c1ccc1c2OCO1.